The molecule has 100 valence electrons. The standard InChI is InChI=1S/C11H13BrN2O3.ClH/c12-9-5-7(14(16)17)4-8(11(9)15)10(13)6-2-1-3-6;/h4-6,10,15H,1-3,13H2;1H/t10-;/m0./s1. The summed E-state index contributed by atoms with van der Waals surface area (Å²) >= 11 is 3.11. The van der Waals surface area contributed by atoms with E-state index in [9.17, 15) is 15.2 Å². The van der Waals surface area contributed by atoms with Crippen molar-refractivity contribution in [2.24, 2.45) is 11.7 Å². The highest BCUT2D eigenvalue weighted by molar-refractivity contribution is 9.10. The Labute approximate surface area is 119 Å². The van der Waals surface area contributed by atoms with Gasteiger partial charge in [0, 0.05) is 23.7 Å². The van der Waals surface area contributed by atoms with Gasteiger partial charge in [0.1, 0.15) is 5.75 Å². The molecule has 0 aliphatic heterocycles. The van der Waals surface area contributed by atoms with Gasteiger partial charge < -0.3 is 10.8 Å². The van der Waals surface area contributed by atoms with E-state index in [-0.39, 0.29) is 29.9 Å². The summed E-state index contributed by atoms with van der Waals surface area (Å²) in [6, 6.07) is 2.31. The number of phenols is 1. The number of nitro benzene ring substituents is 1. The molecular formula is C11H14BrClN2O3. The predicted octanol–water partition coefficient (Wildman–Crippen LogP) is 3.28. The molecule has 0 spiro atoms. The molecule has 0 unspecified atom stereocenters. The van der Waals surface area contributed by atoms with Crippen LogP contribution in [0, 0.1) is 16.0 Å². The van der Waals surface area contributed by atoms with Crippen LogP contribution in [0.1, 0.15) is 30.9 Å². The Bertz CT molecular complexity index is 466. The smallest absolute Gasteiger partial charge is 0.271 e. The van der Waals surface area contributed by atoms with E-state index >= 15 is 0 Å². The van der Waals surface area contributed by atoms with Crippen LogP contribution in [0.4, 0.5) is 5.69 Å². The lowest BCUT2D eigenvalue weighted by Crippen LogP contribution is -2.27. The molecule has 0 aromatic heterocycles. The Hall–Kier alpha value is -0.850. The second-order valence-electron chi connectivity index (χ2n) is 4.34. The number of aromatic hydroxyl groups is 1. The van der Waals surface area contributed by atoms with Crippen LogP contribution in [-0.4, -0.2) is 10.0 Å². The van der Waals surface area contributed by atoms with Crippen LogP contribution in [0.2, 0.25) is 0 Å². The fourth-order valence-corrected chi connectivity index (χ4v) is 2.48. The van der Waals surface area contributed by atoms with Crippen molar-refractivity contribution >= 4 is 34.0 Å². The molecule has 0 heterocycles. The highest BCUT2D eigenvalue weighted by Gasteiger charge is 2.29. The Morgan fingerprint density at radius 3 is 2.56 bits per heavy atom. The van der Waals surface area contributed by atoms with Crippen molar-refractivity contribution in [2.45, 2.75) is 25.3 Å². The molecule has 18 heavy (non-hydrogen) atoms. The third-order valence-corrected chi connectivity index (χ3v) is 3.91. The van der Waals surface area contributed by atoms with Gasteiger partial charge in [0.15, 0.2) is 0 Å². The van der Waals surface area contributed by atoms with Gasteiger partial charge in [-0.2, -0.15) is 0 Å². The first-order valence-corrected chi connectivity index (χ1v) is 6.22. The molecular weight excluding hydrogens is 323 g/mol. The lowest BCUT2D eigenvalue weighted by atomic mass is 9.77. The summed E-state index contributed by atoms with van der Waals surface area (Å²) < 4.78 is 0.316. The molecule has 7 heteroatoms. The fourth-order valence-electron chi connectivity index (χ4n) is 2.02. The molecule has 0 saturated heterocycles. The summed E-state index contributed by atoms with van der Waals surface area (Å²) in [5.41, 5.74) is 6.43. The number of halogens is 2. The largest absolute Gasteiger partial charge is 0.506 e. The zero-order chi connectivity index (χ0) is 12.6. The van der Waals surface area contributed by atoms with Gasteiger partial charge in [0.25, 0.3) is 5.69 Å². The monoisotopic (exact) mass is 336 g/mol. The topological polar surface area (TPSA) is 89.4 Å². The Balaban J connectivity index is 0.00000162. The zero-order valence-electron chi connectivity index (χ0n) is 9.51. The third-order valence-electron chi connectivity index (χ3n) is 3.31. The number of nitro groups is 1. The molecule has 1 atom stereocenters. The predicted molar refractivity (Wildman–Crippen MR) is 74.0 cm³/mol. The van der Waals surface area contributed by atoms with E-state index in [2.05, 4.69) is 15.9 Å². The first kappa shape index (κ1) is 15.2. The number of nitrogens with two attached hydrogens (primary N) is 1. The van der Waals surface area contributed by atoms with Crippen LogP contribution < -0.4 is 5.73 Å². The van der Waals surface area contributed by atoms with E-state index in [4.69, 9.17) is 5.73 Å². The normalized spacial score (nSPS) is 16.6. The third kappa shape index (κ3) is 2.76. The van der Waals surface area contributed by atoms with Crippen LogP contribution in [0.5, 0.6) is 5.75 Å². The van der Waals surface area contributed by atoms with Crippen LogP contribution >= 0.6 is 28.3 Å². The molecule has 1 aromatic rings. The quantitative estimate of drug-likeness (QED) is 0.654. The zero-order valence-corrected chi connectivity index (χ0v) is 11.9. The molecule has 5 nitrogen and oxygen atoms in total. The lowest BCUT2D eigenvalue weighted by molar-refractivity contribution is -0.385. The average molecular weight is 338 g/mol. The summed E-state index contributed by atoms with van der Waals surface area (Å²) in [7, 11) is 0. The SMILES string of the molecule is Cl.N[C@H](c1cc([N+](=O)[O-])cc(Br)c1O)C1CCC1. The molecule has 0 radical (unpaired) electrons. The second kappa shape index (κ2) is 5.86. The van der Waals surface area contributed by atoms with Gasteiger partial charge in [0.2, 0.25) is 0 Å². The maximum Gasteiger partial charge on any atom is 0.271 e. The minimum Gasteiger partial charge on any atom is -0.506 e. The van der Waals surface area contributed by atoms with Crippen LogP contribution in [0.3, 0.4) is 0 Å². The summed E-state index contributed by atoms with van der Waals surface area (Å²) in [5, 5.41) is 20.6. The Morgan fingerprint density at radius 1 is 1.50 bits per heavy atom. The van der Waals surface area contributed by atoms with Crippen molar-refractivity contribution in [3.63, 3.8) is 0 Å². The molecule has 1 fully saturated rings. The number of non-ortho nitro benzene ring substituents is 1. The van der Waals surface area contributed by atoms with E-state index in [1.807, 2.05) is 0 Å². The first-order chi connectivity index (χ1) is 8.00. The number of nitrogens with zero attached hydrogens (tertiary/aromatic N) is 1. The van der Waals surface area contributed by atoms with Crippen LogP contribution in [0.25, 0.3) is 0 Å². The fraction of sp³-hybridized carbons (Fsp3) is 0.455. The van der Waals surface area contributed by atoms with Gasteiger partial charge in [-0.05, 0) is 34.7 Å². The summed E-state index contributed by atoms with van der Waals surface area (Å²) in [4.78, 5) is 10.3. The van der Waals surface area contributed by atoms with Gasteiger partial charge in [-0.25, -0.2) is 0 Å². The van der Waals surface area contributed by atoms with Crippen molar-refractivity contribution < 1.29 is 10.0 Å². The van der Waals surface area contributed by atoms with E-state index < -0.39 is 4.92 Å². The average Bonchev–Trinajstić information content (AvgIpc) is 2.18. The number of benzene rings is 1. The molecule has 1 aliphatic carbocycles. The maximum absolute atomic E-state index is 10.8. The first-order valence-electron chi connectivity index (χ1n) is 5.43. The van der Waals surface area contributed by atoms with Gasteiger partial charge >= 0.3 is 0 Å². The van der Waals surface area contributed by atoms with E-state index in [0.29, 0.717) is 16.0 Å². The van der Waals surface area contributed by atoms with E-state index in [1.54, 1.807) is 0 Å². The van der Waals surface area contributed by atoms with E-state index in [1.165, 1.54) is 12.1 Å². The second-order valence-corrected chi connectivity index (χ2v) is 5.19. The molecule has 1 aliphatic rings. The van der Waals surface area contributed by atoms with Gasteiger partial charge in [-0.3, -0.25) is 10.1 Å². The minimum atomic E-state index is -0.485. The molecule has 0 amide bonds. The number of hydrogen-bond acceptors (Lipinski definition) is 4. The van der Waals surface area contributed by atoms with Gasteiger partial charge in [-0.1, -0.05) is 6.42 Å². The molecule has 1 saturated carbocycles. The number of hydrogen-bond donors (Lipinski definition) is 2. The maximum atomic E-state index is 10.8. The molecule has 2 rings (SSSR count). The number of phenolic OH excluding ortho intramolecular Hbond substituents is 1. The van der Waals surface area contributed by atoms with Crippen LogP contribution in [0.15, 0.2) is 16.6 Å². The van der Waals surface area contributed by atoms with Gasteiger partial charge in [-0.15, -0.1) is 12.4 Å². The Morgan fingerprint density at radius 2 is 2.11 bits per heavy atom. The summed E-state index contributed by atoms with van der Waals surface area (Å²) in [6.45, 7) is 0. The Kier molecular flexibility index (Phi) is 4.95. The summed E-state index contributed by atoms with van der Waals surface area (Å²) in [5.74, 6) is 0.324. The van der Waals surface area contributed by atoms with Crippen molar-refractivity contribution in [3.8, 4) is 5.75 Å². The van der Waals surface area contributed by atoms with Gasteiger partial charge in [0.05, 0.1) is 9.40 Å². The highest BCUT2D eigenvalue weighted by atomic mass is 79.9. The van der Waals surface area contributed by atoms with Crippen molar-refractivity contribution in [2.75, 3.05) is 0 Å². The van der Waals surface area contributed by atoms with Crippen molar-refractivity contribution in [3.05, 3.63) is 32.3 Å². The van der Waals surface area contributed by atoms with Crippen LogP contribution in [-0.2, 0) is 0 Å². The van der Waals surface area contributed by atoms with Crippen molar-refractivity contribution in [1.82, 2.24) is 0 Å². The molecule has 3 N–H and O–H groups in total. The van der Waals surface area contributed by atoms with E-state index in [0.717, 1.165) is 19.3 Å². The lowest BCUT2D eigenvalue weighted by Gasteiger charge is -2.31. The number of rotatable bonds is 3. The highest BCUT2D eigenvalue weighted by Crippen LogP contribution is 2.42. The summed E-state index contributed by atoms with van der Waals surface area (Å²) in [6.07, 6.45) is 3.16. The van der Waals surface area contributed by atoms with Crippen molar-refractivity contribution in [1.29, 1.82) is 0 Å². The minimum absolute atomic E-state index is 0. The molecule has 0 bridgehead atoms. The molecule has 1 aromatic carbocycles.